The highest BCUT2D eigenvalue weighted by atomic mass is 32.1. The number of unbranched alkanes of at least 4 members (excludes halogenated alkanes) is 8. The molecule has 0 fully saturated rings. The lowest BCUT2D eigenvalue weighted by Crippen LogP contribution is -2.04. The number of H-pyrrole nitrogens is 2. The second-order valence-corrected chi connectivity index (χ2v) is 19.7. The van der Waals surface area contributed by atoms with Crippen molar-refractivity contribution in [3.63, 3.8) is 0 Å². The second-order valence-electron chi connectivity index (χ2n) is 15.2. The van der Waals surface area contributed by atoms with E-state index < -0.39 is 0 Å². The average Bonchev–Trinajstić information content (AvgIpc) is 3.98. The zero-order chi connectivity index (χ0) is 34.9. The third-order valence-electron chi connectivity index (χ3n) is 11.4. The molecule has 9 heteroatoms. The number of aromatic nitrogens is 4. The summed E-state index contributed by atoms with van der Waals surface area (Å²) in [6.07, 6.45) is 24.0. The molecule has 2 N–H and O–H groups in total. The first kappa shape index (κ1) is 36.0. The van der Waals surface area contributed by atoms with Crippen molar-refractivity contribution in [3.05, 3.63) is 21.9 Å². The number of thiophene rings is 4. The quantitative estimate of drug-likeness (QED) is 0.0758. The Labute approximate surface area is 322 Å². The molecule has 2 atom stereocenters. The van der Waals surface area contributed by atoms with Gasteiger partial charge >= 0.3 is 0 Å². The maximum absolute atomic E-state index is 5.48. The third-order valence-corrected chi connectivity index (χ3v) is 16.9. The van der Waals surface area contributed by atoms with Gasteiger partial charge in [-0.1, -0.05) is 130 Å². The first-order valence-electron chi connectivity index (χ1n) is 20.1. The molecule has 8 rings (SSSR count). The Morgan fingerprint density at radius 1 is 0.490 bits per heavy atom. The average molecular weight is 775 g/mol. The van der Waals surface area contributed by atoms with Crippen molar-refractivity contribution < 1.29 is 0 Å². The lowest BCUT2D eigenvalue weighted by Gasteiger charge is -2.16. The maximum Gasteiger partial charge on any atom is 0.101 e. The Morgan fingerprint density at radius 2 is 0.922 bits per heavy atom. The van der Waals surface area contributed by atoms with E-state index in [0.717, 1.165) is 22.9 Å². The van der Waals surface area contributed by atoms with Crippen LogP contribution in [0, 0.1) is 11.8 Å². The van der Waals surface area contributed by atoms with Gasteiger partial charge in [-0.05, 0) is 46.6 Å². The summed E-state index contributed by atoms with van der Waals surface area (Å²) in [5, 5.41) is 7.45. The van der Waals surface area contributed by atoms with Crippen molar-refractivity contribution in [1.82, 2.24) is 18.7 Å². The van der Waals surface area contributed by atoms with Crippen molar-refractivity contribution in [2.45, 2.75) is 143 Å². The number of nitrogens with zero attached hydrogens (tertiary/aromatic N) is 2. The topological polar surface area (TPSA) is 57.4 Å². The Bertz CT molecular complexity index is 2210. The molecule has 7 aromatic heterocycles. The van der Waals surface area contributed by atoms with E-state index in [1.165, 1.54) is 177 Å². The maximum atomic E-state index is 5.48. The summed E-state index contributed by atoms with van der Waals surface area (Å²) in [6, 6.07) is 0. The monoisotopic (exact) mass is 774 g/mol. The van der Waals surface area contributed by atoms with Crippen LogP contribution in [-0.4, -0.2) is 18.7 Å². The minimum absolute atomic E-state index is 0.788. The minimum atomic E-state index is 0.788. The number of hydrogen-bond acceptors (Lipinski definition) is 7. The van der Waals surface area contributed by atoms with E-state index in [4.69, 9.17) is 9.97 Å². The predicted octanol–water partition coefficient (Wildman–Crippen LogP) is 16.2. The molecular formula is C42H54N4S5. The van der Waals surface area contributed by atoms with E-state index in [-0.39, 0.29) is 0 Å². The predicted molar refractivity (Wildman–Crippen MR) is 234 cm³/mol. The summed E-state index contributed by atoms with van der Waals surface area (Å²) in [6.45, 7) is 9.30. The molecule has 2 unspecified atom stereocenters. The lowest BCUT2D eigenvalue weighted by atomic mass is 9.90. The fraction of sp³-hybridized carbons (Fsp3) is 0.571. The highest BCUT2D eigenvalue weighted by molar-refractivity contribution is 7.33. The molecule has 1 aromatic carbocycles. The summed E-state index contributed by atoms with van der Waals surface area (Å²) in [5.41, 5.74) is 10.1. The van der Waals surface area contributed by atoms with E-state index >= 15 is 0 Å². The molecular weight excluding hydrogens is 721 g/mol. The molecule has 0 aliphatic heterocycles. The molecule has 0 bridgehead atoms. The summed E-state index contributed by atoms with van der Waals surface area (Å²) < 4.78 is 15.8. The standard InChI is InChI=1S/C42H54N4S5/c1-5-9-13-15-19-25(17-11-7-3)21-27-23-47-41-35-39(49-37(27)41)29-31(43-35)32-30(34-33(29)45-51-46-34)40-36(44-32)42-38(50-40)28(24-48-42)22-26(18-12-8-4)20-16-14-10-6-2/h23-26,45-46H,5-22H2,1-4H3. The third kappa shape index (κ3) is 6.81. The van der Waals surface area contributed by atoms with Crippen LogP contribution in [0.1, 0.15) is 142 Å². The van der Waals surface area contributed by atoms with E-state index in [1.807, 2.05) is 45.3 Å². The fourth-order valence-corrected chi connectivity index (χ4v) is 14.5. The van der Waals surface area contributed by atoms with Crippen LogP contribution in [0.2, 0.25) is 0 Å². The molecule has 51 heavy (non-hydrogen) atoms. The van der Waals surface area contributed by atoms with Gasteiger partial charge in [-0.15, -0.1) is 45.3 Å². The van der Waals surface area contributed by atoms with Crippen molar-refractivity contribution >= 4 is 129 Å². The minimum Gasteiger partial charge on any atom is -0.294 e. The summed E-state index contributed by atoms with van der Waals surface area (Å²) in [4.78, 5) is 11.0. The van der Waals surface area contributed by atoms with Gasteiger partial charge in [0.2, 0.25) is 0 Å². The number of aromatic amines is 2. The summed E-state index contributed by atoms with van der Waals surface area (Å²) >= 11 is 9.40. The molecule has 0 spiro atoms. The number of hydrogen-bond donors (Lipinski definition) is 2. The molecule has 8 aromatic rings. The van der Waals surface area contributed by atoms with Crippen LogP contribution in [0.3, 0.4) is 0 Å². The van der Waals surface area contributed by atoms with Crippen molar-refractivity contribution in [2.75, 3.05) is 0 Å². The van der Waals surface area contributed by atoms with Gasteiger partial charge in [-0.2, -0.15) is 0 Å². The lowest BCUT2D eigenvalue weighted by molar-refractivity contribution is 0.411. The van der Waals surface area contributed by atoms with Crippen LogP contribution in [-0.2, 0) is 12.8 Å². The highest BCUT2D eigenvalue weighted by Gasteiger charge is 2.27. The van der Waals surface area contributed by atoms with E-state index in [2.05, 4.69) is 47.2 Å². The molecule has 0 saturated heterocycles. The van der Waals surface area contributed by atoms with Gasteiger partial charge in [-0.25, -0.2) is 9.97 Å². The Hall–Kier alpha value is -2.04. The van der Waals surface area contributed by atoms with Gasteiger partial charge in [0.25, 0.3) is 0 Å². The van der Waals surface area contributed by atoms with Crippen molar-refractivity contribution in [2.24, 2.45) is 11.8 Å². The van der Waals surface area contributed by atoms with E-state index in [1.54, 1.807) is 22.9 Å². The number of rotatable bonds is 20. The van der Waals surface area contributed by atoms with Crippen LogP contribution >= 0.6 is 57.1 Å². The Morgan fingerprint density at radius 3 is 1.35 bits per heavy atom. The zero-order valence-corrected chi connectivity index (χ0v) is 35.1. The first-order chi connectivity index (χ1) is 25.1. The largest absolute Gasteiger partial charge is 0.294 e. The Kier molecular flexibility index (Phi) is 11.4. The SMILES string of the molecule is CCCCCCC(CCCC)Cc1csc2c1sc1c2nc2c3nc4c5scc(CC(CCCC)CCCCCC)c5sc4c3c3[nH]s[nH]c3c21. The first-order valence-corrected chi connectivity index (χ1v) is 24.3. The van der Waals surface area contributed by atoms with Crippen LogP contribution < -0.4 is 0 Å². The van der Waals surface area contributed by atoms with Crippen LogP contribution in [0.25, 0.3) is 72.1 Å². The highest BCUT2D eigenvalue weighted by Crippen LogP contribution is 2.51. The van der Waals surface area contributed by atoms with E-state index in [9.17, 15) is 0 Å². The van der Waals surface area contributed by atoms with Crippen molar-refractivity contribution in [1.29, 1.82) is 0 Å². The van der Waals surface area contributed by atoms with Crippen molar-refractivity contribution in [3.8, 4) is 0 Å². The summed E-state index contributed by atoms with van der Waals surface area (Å²) in [7, 11) is 0. The van der Waals surface area contributed by atoms with Crippen LogP contribution in [0.5, 0.6) is 0 Å². The van der Waals surface area contributed by atoms with Gasteiger partial charge < -0.3 is 0 Å². The normalized spacial score (nSPS) is 14.0. The molecule has 272 valence electrons. The van der Waals surface area contributed by atoms with Gasteiger partial charge in [0.1, 0.15) is 22.1 Å². The summed E-state index contributed by atoms with van der Waals surface area (Å²) in [5.74, 6) is 1.58. The number of nitrogens with one attached hydrogen (secondary N) is 2. The molecule has 7 heterocycles. The molecule has 4 nitrogen and oxygen atoms in total. The molecule has 0 aliphatic carbocycles. The molecule has 0 radical (unpaired) electrons. The van der Waals surface area contributed by atoms with Crippen LogP contribution in [0.15, 0.2) is 10.8 Å². The van der Waals surface area contributed by atoms with Gasteiger partial charge in [0.05, 0.1) is 39.2 Å². The van der Waals surface area contributed by atoms with Crippen LogP contribution in [0.4, 0.5) is 0 Å². The fourth-order valence-electron chi connectivity index (χ4n) is 8.61. The number of fused-ring (bicyclic) bond motifs is 14. The smallest absolute Gasteiger partial charge is 0.101 e. The number of benzene rings is 1. The van der Waals surface area contributed by atoms with Gasteiger partial charge in [-0.3, -0.25) is 8.75 Å². The van der Waals surface area contributed by atoms with E-state index in [0.29, 0.717) is 0 Å². The molecule has 0 saturated carbocycles. The zero-order valence-electron chi connectivity index (χ0n) is 31.0. The Balaban J connectivity index is 1.16. The van der Waals surface area contributed by atoms with Gasteiger partial charge in [0, 0.05) is 22.5 Å². The molecule has 0 aliphatic rings. The molecule has 0 amide bonds. The van der Waals surface area contributed by atoms with Gasteiger partial charge in [0.15, 0.2) is 0 Å². The second kappa shape index (κ2) is 16.1.